The molecule has 1 saturated heterocycles. The summed E-state index contributed by atoms with van der Waals surface area (Å²) < 4.78 is 27.0. The van der Waals surface area contributed by atoms with Crippen LogP contribution in [0.5, 0.6) is 11.5 Å². The van der Waals surface area contributed by atoms with Gasteiger partial charge in [-0.15, -0.1) is 0 Å². The number of aromatic nitrogens is 1. The van der Waals surface area contributed by atoms with Gasteiger partial charge in [-0.1, -0.05) is 6.07 Å². The van der Waals surface area contributed by atoms with Crippen LogP contribution in [0, 0.1) is 19.7 Å². The molecule has 1 fully saturated rings. The number of nitrogens with one attached hydrogen (secondary N) is 1. The lowest BCUT2D eigenvalue weighted by molar-refractivity contribution is -0.133. The van der Waals surface area contributed by atoms with E-state index in [2.05, 4.69) is 5.32 Å². The summed E-state index contributed by atoms with van der Waals surface area (Å²) in [5.41, 5.74) is 2.18. The lowest BCUT2D eigenvalue weighted by atomic mass is 9.93. The summed E-state index contributed by atoms with van der Waals surface area (Å²) in [6.45, 7) is 8.93. The van der Waals surface area contributed by atoms with E-state index in [1.807, 2.05) is 0 Å². The monoisotopic (exact) mass is 523 g/mol. The van der Waals surface area contributed by atoms with Crippen molar-refractivity contribution in [3.8, 4) is 22.6 Å². The Morgan fingerprint density at radius 2 is 1.76 bits per heavy atom. The van der Waals surface area contributed by atoms with Crippen LogP contribution in [0.3, 0.4) is 0 Å². The van der Waals surface area contributed by atoms with Gasteiger partial charge in [-0.2, -0.15) is 0 Å². The molecule has 202 valence electrons. The molecule has 3 aromatic rings. The lowest BCUT2D eigenvalue weighted by Crippen LogP contribution is -2.43. The smallest absolute Gasteiger partial charge is 0.252 e. The van der Waals surface area contributed by atoms with Crippen molar-refractivity contribution in [1.29, 1.82) is 0 Å². The third-order valence-corrected chi connectivity index (χ3v) is 6.64. The van der Waals surface area contributed by atoms with Crippen LogP contribution in [-0.2, 0) is 22.2 Å². The number of anilines is 1. The molecule has 2 heterocycles. The fourth-order valence-corrected chi connectivity index (χ4v) is 4.46. The zero-order chi connectivity index (χ0) is 27.6. The van der Waals surface area contributed by atoms with Crippen molar-refractivity contribution in [1.82, 2.24) is 9.47 Å². The van der Waals surface area contributed by atoms with Crippen molar-refractivity contribution in [3.63, 3.8) is 0 Å². The first kappa shape index (κ1) is 27.3. The molecule has 0 saturated carbocycles. The van der Waals surface area contributed by atoms with Crippen molar-refractivity contribution in [2.75, 3.05) is 38.2 Å². The topological polar surface area (TPSA) is 93.0 Å². The minimum absolute atomic E-state index is 0.00226. The summed E-state index contributed by atoms with van der Waals surface area (Å²) in [6, 6.07) is 9.57. The number of halogens is 1. The summed E-state index contributed by atoms with van der Waals surface area (Å²) in [4.78, 5) is 27.1. The van der Waals surface area contributed by atoms with Gasteiger partial charge in [0.05, 0.1) is 25.4 Å². The minimum atomic E-state index is -1.14. The average molecular weight is 524 g/mol. The summed E-state index contributed by atoms with van der Waals surface area (Å²) >= 11 is 0. The van der Waals surface area contributed by atoms with Gasteiger partial charge in [-0.25, -0.2) is 4.39 Å². The molecule has 4 rings (SSSR count). The van der Waals surface area contributed by atoms with Gasteiger partial charge >= 0.3 is 0 Å². The minimum Gasteiger partial charge on any atom is -0.456 e. The maximum absolute atomic E-state index is 13.9. The number of amides is 1. The molecule has 2 N–H and O–H groups in total. The number of carbonyl (C=O) groups excluding carboxylic acids is 1. The van der Waals surface area contributed by atoms with Gasteiger partial charge < -0.3 is 29.4 Å². The predicted octanol–water partition coefficient (Wildman–Crippen LogP) is 4.10. The molecule has 8 nitrogen and oxygen atoms in total. The van der Waals surface area contributed by atoms with Crippen LogP contribution >= 0.6 is 0 Å². The number of morpholine rings is 1. The zero-order valence-electron chi connectivity index (χ0n) is 22.4. The van der Waals surface area contributed by atoms with Crippen LogP contribution < -0.4 is 15.6 Å². The van der Waals surface area contributed by atoms with Crippen LogP contribution in [-0.4, -0.2) is 53.3 Å². The molecule has 2 aromatic carbocycles. The van der Waals surface area contributed by atoms with Gasteiger partial charge in [0.15, 0.2) is 0 Å². The molecule has 1 aliphatic rings. The first-order valence-electron chi connectivity index (χ1n) is 12.6. The number of nitrogens with zero attached hydrogens (tertiary/aromatic N) is 2. The van der Waals surface area contributed by atoms with E-state index in [9.17, 15) is 19.1 Å². The Labute approximate surface area is 221 Å². The Morgan fingerprint density at radius 3 is 2.39 bits per heavy atom. The van der Waals surface area contributed by atoms with Gasteiger partial charge in [0.1, 0.15) is 17.3 Å². The molecule has 1 amide bonds. The maximum Gasteiger partial charge on any atom is 0.252 e. The van der Waals surface area contributed by atoms with Gasteiger partial charge in [0.25, 0.3) is 5.56 Å². The highest BCUT2D eigenvalue weighted by Gasteiger charge is 2.23. The normalized spacial score (nSPS) is 13.9. The van der Waals surface area contributed by atoms with Crippen LogP contribution in [0.4, 0.5) is 10.1 Å². The molecule has 0 aliphatic carbocycles. The number of rotatable bonds is 7. The molecule has 0 bridgehead atoms. The maximum atomic E-state index is 13.9. The van der Waals surface area contributed by atoms with Crippen LogP contribution in [0.25, 0.3) is 11.1 Å². The van der Waals surface area contributed by atoms with E-state index >= 15 is 0 Å². The van der Waals surface area contributed by atoms with Gasteiger partial charge in [-0.3, -0.25) is 9.59 Å². The molecule has 9 heteroatoms. The fourth-order valence-electron chi connectivity index (χ4n) is 4.46. The summed E-state index contributed by atoms with van der Waals surface area (Å²) in [5.74, 6) is 0.529. The summed E-state index contributed by atoms with van der Waals surface area (Å²) in [6.07, 6.45) is 1.67. The van der Waals surface area contributed by atoms with E-state index in [1.54, 1.807) is 64.0 Å². The third kappa shape index (κ3) is 6.06. The van der Waals surface area contributed by atoms with Crippen LogP contribution in [0.1, 0.15) is 30.5 Å². The number of carbonyl (C=O) groups is 1. The number of aliphatic hydroxyl groups is 1. The van der Waals surface area contributed by atoms with Crippen LogP contribution in [0.2, 0.25) is 0 Å². The van der Waals surface area contributed by atoms with Crippen LogP contribution in [0.15, 0.2) is 47.4 Å². The molecule has 1 aliphatic heterocycles. The average Bonchev–Trinajstić information content (AvgIpc) is 2.86. The highest BCUT2D eigenvalue weighted by atomic mass is 19.1. The molecule has 0 atom stereocenters. The number of pyridine rings is 1. The molecular formula is C29H34FN3O5. The second kappa shape index (κ2) is 11.0. The van der Waals surface area contributed by atoms with E-state index in [0.29, 0.717) is 71.3 Å². The molecule has 0 spiro atoms. The lowest BCUT2D eigenvalue weighted by Gasteiger charge is -2.27. The Hall–Kier alpha value is -3.69. The Bertz CT molecular complexity index is 1380. The molecule has 38 heavy (non-hydrogen) atoms. The Balaban J connectivity index is 1.79. The number of ether oxygens (including phenoxy) is 2. The van der Waals surface area contributed by atoms with Crippen molar-refractivity contribution in [2.24, 2.45) is 7.05 Å². The van der Waals surface area contributed by atoms with Crippen molar-refractivity contribution in [2.45, 2.75) is 33.3 Å². The molecule has 1 aromatic heterocycles. The predicted molar refractivity (Wildman–Crippen MR) is 144 cm³/mol. The third-order valence-electron chi connectivity index (χ3n) is 6.64. The van der Waals surface area contributed by atoms with E-state index in [4.69, 9.17) is 9.47 Å². The van der Waals surface area contributed by atoms with E-state index in [0.717, 1.165) is 0 Å². The summed E-state index contributed by atoms with van der Waals surface area (Å²) in [5, 5.41) is 13.9. The quantitative estimate of drug-likeness (QED) is 0.485. The SMILES string of the molecule is Cc1cc(F)cc(C)c1Oc1ccc(C(C)(C)O)cc1-c1cn(C)c(=O)cc1NCC(=O)N1CCOCC1. The number of hydrogen-bond donors (Lipinski definition) is 2. The van der Waals surface area contributed by atoms with Gasteiger partial charge in [0.2, 0.25) is 5.91 Å². The highest BCUT2D eigenvalue weighted by molar-refractivity contribution is 5.86. The van der Waals surface area contributed by atoms with E-state index < -0.39 is 5.60 Å². The second-order valence-corrected chi connectivity index (χ2v) is 10.1. The fraction of sp³-hybridized carbons (Fsp3) is 0.379. The molecule has 0 unspecified atom stereocenters. The van der Waals surface area contributed by atoms with Crippen molar-refractivity contribution in [3.05, 3.63) is 75.5 Å². The first-order valence-corrected chi connectivity index (χ1v) is 12.6. The number of benzene rings is 2. The van der Waals surface area contributed by atoms with E-state index in [-0.39, 0.29) is 23.8 Å². The second-order valence-electron chi connectivity index (χ2n) is 10.1. The standard InChI is InChI=1S/C29H34FN3O5/c1-18-12-21(30)13-19(2)28(18)38-25-7-6-20(29(3,4)36)14-22(25)23-17-32(5)26(34)15-24(23)31-16-27(35)33-8-10-37-11-9-33/h6-7,12-15,17,31,36H,8-11,16H2,1-5H3. The zero-order valence-corrected chi connectivity index (χ0v) is 22.4. The van der Waals surface area contributed by atoms with Crippen molar-refractivity contribution >= 4 is 11.6 Å². The van der Waals surface area contributed by atoms with Gasteiger partial charge in [-0.05, 0) is 68.7 Å². The first-order chi connectivity index (χ1) is 17.9. The Morgan fingerprint density at radius 1 is 1.11 bits per heavy atom. The molecule has 0 radical (unpaired) electrons. The van der Waals surface area contributed by atoms with Gasteiger partial charge in [0, 0.05) is 49.2 Å². The number of aryl methyl sites for hydroxylation is 3. The van der Waals surface area contributed by atoms with Crippen molar-refractivity contribution < 1.29 is 23.8 Å². The largest absolute Gasteiger partial charge is 0.456 e. The Kier molecular flexibility index (Phi) is 7.89. The van der Waals surface area contributed by atoms with E-state index in [1.165, 1.54) is 22.8 Å². The number of hydrogen-bond acceptors (Lipinski definition) is 6. The summed E-state index contributed by atoms with van der Waals surface area (Å²) in [7, 11) is 1.64. The molecular weight excluding hydrogens is 489 g/mol. The highest BCUT2D eigenvalue weighted by Crippen LogP contribution is 2.40.